The van der Waals surface area contributed by atoms with E-state index in [0.29, 0.717) is 5.75 Å². The quantitative estimate of drug-likeness (QED) is 0.234. The Labute approximate surface area is 175 Å². The average molecular weight is 474 g/mol. The van der Waals surface area contributed by atoms with Crippen LogP contribution in [0.3, 0.4) is 0 Å². The molecule has 1 aromatic carbocycles. The topological polar surface area (TPSA) is 59.9 Å². The van der Waals surface area contributed by atoms with Gasteiger partial charge in [0.05, 0.1) is 0 Å². The van der Waals surface area contributed by atoms with Gasteiger partial charge in [0.15, 0.2) is 5.96 Å². The van der Waals surface area contributed by atoms with Gasteiger partial charge in [-0.25, -0.2) is 0 Å². The zero-order valence-electron chi connectivity index (χ0n) is 16.2. The SMILES string of the molecule is CN=C(NCCCc1ccc(O)cc1)NCCCN1CCCCC1C.I. The van der Waals surface area contributed by atoms with Gasteiger partial charge in [-0.2, -0.15) is 0 Å². The van der Waals surface area contributed by atoms with E-state index in [0.717, 1.165) is 44.4 Å². The molecule has 6 heteroatoms. The van der Waals surface area contributed by atoms with Gasteiger partial charge >= 0.3 is 0 Å². The standard InChI is InChI=1S/C20H34N4O.HI/c1-17-7-3-4-15-24(17)16-6-14-23-20(21-2)22-13-5-8-18-9-11-19(25)12-10-18;/h9-12,17,25H,3-8,13-16H2,1-2H3,(H2,21,22,23);1H. The third-order valence-electron chi connectivity index (χ3n) is 4.95. The zero-order valence-corrected chi connectivity index (χ0v) is 18.5. The fourth-order valence-electron chi connectivity index (χ4n) is 3.36. The van der Waals surface area contributed by atoms with Crippen LogP contribution in [0.5, 0.6) is 5.75 Å². The summed E-state index contributed by atoms with van der Waals surface area (Å²) in [4.78, 5) is 6.90. The third-order valence-corrected chi connectivity index (χ3v) is 4.95. The molecule has 5 nitrogen and oxygen atoms in total. The Morgan fingerprint density at radius 3 is 2.50 bits per heavy atom. The molecule has 2 rings (SSSR count). The zero-order chi connectivity index (χ0) is 17.9. The highest BCUT2D eigenvalue weighted by molar-refractivity contribution is 14.0. The van der Waals surface area contributed by atoms with Crippen LogP contribution >= 0.6 is 24.0 Å². The molecule has 0 aliphatic carbocycles. The summed E-state index contributed by atoms with van der Waals surface area (Å²) < 4.78 is 0. The summed E-state index contributed by atoms with van der Waals surface area (Å²) in [5.74, 6) is 1.21. The number of benzene rings is 1. The molecule has 1 heterocycles. The summed E-state index contributed by atoms with van der Waals surface area (Å²) in [5, 5.41) is 16.1. The van der Waals surface area contributed by atoms with Crippen LogP contribution in [-0.4, -0.2) is 55.2 Å². The number of rotatable bonds is 8. The summed E-state index contributed by atoms with van der Waals surface area (Å²) in [6.07, 6.45) is 7.27. The Morgan fingerprint density at radius 1 is 1.15 bits per heavy atom. The van der Waals surface area contributed by atoms with Gasteiger partial charge in [-0.1, -0.05) is 18.6 Å². The molecule has 0 aromatic heterocycles. The lowest BCUT2D eigenvalue weighted by Gasteiger charge is -2.33. The van der Waals surface area contributed by atoms with Crippen LogP contribution in [-0.2, 0) is 6.42 Å². The number of aliphatic imine (C=N–C) groups is 1. The summed E-state index contributed by atoms with van der Waals surface area (Å²) in [6, 6.07) is 8.18. The fourth-order valence-corrected chi connectivity index (χ4v) is 3.36. The number of piperidine rings is 1. The number of nitrogens with zero attached hydrogens (tertiary/aromatic N) is 2. The van der Waals surface area contributed by atoms with Gasteiger partial charge in [0.1, 0.15) is 5.75 Å². The summed E-state index contributed by atoms with van der Waals surface area (Å²) in [6.45, 7) is 6.63. The molecule has 0 amide bonds. The largest absolute Gasteiger partial charge is 0.508 e. The molecule has 1 atom stereocenters. The third kappa shape index (κ3) is 8.58. The van der Waals surface area contributed by atoms with Gasteiger partial charge in [-0.3, -0.25) is 4.99 Å². The molecule has 148 valence electrons. The van der Waals surface area contributed by atoms with Gasteiger partial charge in [-0.05, 0) is 63.3 Å². The minimum atomic E-state index is 0. The van der Waals surface area contributed by atoms with E-state index in [1.807, 2.05) is 19.2 Å². The van der Waals surface area contributed by atoms with E-state index in [9.17, 15) is 5.11 Å². The second kappa shape index (κ2) is 13.2. The molecule has 1 aromatic rings. The Balaban J connectivity index is 0.00000338. The first kappa shape index (κ1) is 23.0. The van der Waals surface area contributed by atoms with Gasteiger partial charge in [0.25, 0.3) is 0 Å². The van der Waals surface area contributed by atoms with Crippen LogP contribution in [0.4, 0.5) is 0 Å². The number of likely N-dealkylation sites (tertiary alicyclic amines) is 1. The Morgan fingerprint density at radius 2 is 1.85 bits per heavy atom. The highest BCUT2D eigenvalue weighted by Gasteiger charge is 2.16. The van der Waals surface area contributed by atoms with Crippen molar-refractivity contribution in [3.05, 3.63) is 29.8 Å². The molecule has 0 bridgehead atoms. The number of nitrogens with one attached hydrogen (secondary N) is 2. The van der Waals surface area contributed by atoms with Crippen LogP contribution in [0.2, 0.25) is 0 Å². The number of phenols is 1. The number of aryl methyl sites for hydroxylation is 1. The maximum Gasteiger partial charge on any atom is 0.190 e. The van der Waals surface area contributed by atoms with Crippen molar-refractivity contribution >= 4 is 29.9 Å². The predicted molar refractivity (Wildman–Crippen MR) is 121 cm³/mol. The first-order valence-electron chi connectivity index (χ1n) is 9.65. The molecule has 1 aliphatic rings. The van der Waals surface area contributed by atoms with Crippen LogP contribution < -0.4 is 10.6 Å². The van der Waals surface area contributed by atoms with Crippen molar-refractivity contribution in [2.75, 3.05) is 33.2 Å². The number of halogens is 1. The molecule has 1 fully saturated rings. The fraction of sp³-hybridized carbons (Fsp3) is 0.650. The van der Waals surface area contributed by atoms with Crippen LogP contribution in [0.1, 0.15) is 44.6 Å². The Kier molecular flexibility index (Phi) is 11.7. The van der Waals surface area contributed by atoms with E-state index in [2.05, 4.69) is 27.4 Å². The summed E-state index contributed by atoms with van der Waals surface area (Å²) in [7, 11) is 1.82. The average Bonchev–Trinajstić information content (AvgIpc) is 2.63. The molecule has 3 N–H and O–H groups in total. The minimum Gasteiger partial charge on any atom is -0.508 e. The van der Waals surface area contributed by atoms with Crippen molar-refractivity contribution in [2.45, 2.75) is 51.5 Å². The molecule has 0 saturated carbocycles. The smallest absolute Gasteiger partial charge is 0.190 e. The van der Waals surface area contributed by atoms with Crippen molar-refractivity contribution in [2.24, 2.45) is 4.99 Å². The normalized spacial score (nSPS) is 18.2. The number of aromatic hydroxyl groups is 1. The number of hydrogen-bond acceptors (Lipinski definition) is 3. The Hall–Kier alpha value is -1.02. The lowest BCUT2D eigenvalue weighted by Crippen LogP contribution is -2.41. The summed E-state index contributed by atoms with van der Waals surface area (Å²) >= 11 is 0. The van der Waals surface area contributed by atoms with Crippen molar-refractivity contribution in [1.29, 1.82) is 0 Å². The van der Waals surface area contributed by atoms with Crippen molar-refractivity contribution < 1.29 is 5.11 Å². The molecule has 0 spiro atoms. The van der Waals surface area contributed by atoms with Crippen molar-refractivity contribution in [3.8, 4) is 5.75 Å². The van der Waals surface area contributed by atoms with E-state index >= 15 is 0 Å². The second-order valence-electron chi connectivity index (χ2n) is 6.93. The Bertz CT molecular complexity index is 521. The van der Waals surface area contributed by atoms with Gasteiger partial charge in [0.2, 0.25) is 0 Å². The van der Waals surface area contributed by atoms with Crippen LogP contribution in [0.15, 0.2) is 29.3 Å². The lowest BCUT2D eigenvalue weighted by molar-refractivity contribution is 0.159. The number of guanidine groups is 1. The molecule has 1 aliphatic heterocycles. The van der Waals surface area contributed by atoms with Crippen LogP contribution in [0.25, 0.3) is 0 Å². The van der Waals surface area contributed by atoms with Crippen molar-refractivity contribution in [3.63, 3.8) is 0 Å². The molecule has 1 saturated heterocycles. The lowest BCUT2D eigenvalue weighted by atomic mass is 10.0. The van der Waals surface area contributed by atoms with Gasteiger partial charge in [0, 0.05) is 32.7 Å². The van der Waals surface area contributed by atoms with E-state index in [1.54, 1.807) is 12.1 Å². The number of phenolic OH excluding ortho intramolecular Hbond substituents is 1. The van der Waals surface area contributed by atoms with Crippen LogP contribution in [0, 0.1) is 0 Å². The van der Waals surface area contributed by atoms with E-state index < -0.39 is 0 Å². The van der Waals surface area contributed by atoms with Gasteiger partial charge in [-0.15, -0.1) is 24.0 Å². The number of hydrogen-bond donors (Lipinski definition) is 3. The highest BCUT2D eigenvalue weighted by atomic mass is 127. The molecule has 0 radical (unpaired) electrons. The van der Waals surface area contributed by atoms with E-state index in [4.69, 9.17) is 0 Å². The maximum atomic E-state index is 9.29. The molecular formula is C20H35IN4O. The first-order valence-corrected chi connectivity index (χ1v) is 9.65. The van der Waals surface area contributed by atoms with Crippen molar-refractivity contribution in [1.82, 2.24) is 15.5 Å². The van der Waals surface area contributed by atoms with E-state index in [1.165, 1.54) is 37.9 Å². The maximum absolute atomic E-state index is 9.29. The molecule has 26 heavy (non-hydrogen) atoms. The van der Waals surface area contributed by atoms with Gasteiger partial charge < -0.3 is 20.6 Å². The summed E-state index contributed by atoms with van der Waals surface area (Å²) in [5.41, 5.74) is 1.25. The second-order valence-corrected chi connectivity index (χ2v) is 6.93. The predicted octanol–water partition coefficient (Wildman–Crippen LogP) is 3.37. The highest BCUT2D eigenvalue weighted by Crippen LogP contribution is 2.16. The monoisotopic (exact) mass is 474 g/mol. The molecular weight excluding hydrogens is 439 g/mol. The molecule has 1 unspecified atom stereocenters. The van der Waals surface area contributed by atoms with E-state index in [-0.39, 0.29) is 24.0 Å². The minimum absolute atomic E-state index is 0. The first-order chi connectivity index (χ1) is 12.2.